The number of carbonyl (C=O) groups excluding carboxylic acids is 1. The number of nitrogens with one attached hydrogen (secondary N) is 1. The van der Waals surface area contributed by atoms with Crippen LogP contribution in [0.5, 0.6) is 0 Å². The molecular weight excluding hydrogens is 340 g/mol. The molecule has 2 aromatic rings. The van der Waals surface area contributed by atoms with Gasteiger partial charge in [-0.25, -0.2) is 0 Å². The minimum Gasteiger partial charge on any atom is -0.376 e. The number of Topliss-reactive ketones (excluding diaryl/α,β-unsaturated/α-hetero) is 1. The van der Waals surface area contributed by atoms with E-state index < -0.39 is 4.92 Å². The molecule has 3 rings (SSSR count). The molecule has 0 amide bonds. The van der Waals surface area contributed by atoms with Gasteiger partial charge in [-0.1, -0.05) is 42.3 Å². The lowest BCUT2D eigenvalue weighted by Crippen LogP contribution is -2.30. The molecule has 0 aromatic heterocycles. The van der Waals surface area contributed by atoms with Crippen molar-refractivity contribution < 1.29 is 9.72 Å². The van der Waals surface area contributed by atoms with Crippen LogP contribution in [-0.2, 0) is 4.79 Å². The van der Waals surface area contributed by atoms with Crippen molar-refractivity contribution in [2.75, 3.05) is 5.32 Å². The number of non-ortho nitro benzene ring substituents is 1. The van der Waals surface area contributed by atoms with Crippen molar-refractivity contribution in [3.63, 3.8) is 0 Å². The topological polar surface area (TPSA) is 72.2 Å². The van der Waals surface area contributed by atoms with Crippen LogP contribution in [0.2, 0.25) is 5.02 Å². The van der Waals surface area contributed by atoms with Gasteiger partial charge in [0.1, 0.15) is 5.78 Å². The van der Waals surface area contributed by atoms with Gasteiger partial charge in [0.2, 0.25) is 0 Å². The van der Waals surface area contributed by atoms with E-state index in [1.165, 1.54) is 12.1 Å². The quantitative estimate of drug-likeness (QED) is 0.591. The fourth-order valence-electron chi connectivity index (χ4n) is 3.33. The Morgan fingerprint density at radius 1 is 1.12 bits per heavy atom. The third-order valence-electron chi connectivity index (χ3n) is 4.65. The number of anilines is 1. The summed E-state index contributed by atoms with van der Waals surface area (Å²) in [5, 5.41) is 14.9. The minimum atomic E-state index is -0.425. The van der Waals surface area contributed by atoms with Crippen molar-refractivity contribution in [3.05, 3.63) is 69.2 Å². The molecule has 5 nitrogen and oxygen atoms in total. The molecule has 0 aliphatic heterocycles. The number of carbonyl (C=O) groups is 1. The maximum absolute atomic E-state index is 12.5. The SMILES string of the molecule is O=C1CCCCC1C(Nc1ccccc1Cl)c1ccc([N+](=O)[O-])cc1. The highest BCUT2D eigenvalue weighted by molar-refractivity contribution is 6.33. The van der Waals surface area contributed by atoms with E-state index in [2.05, 4.69) is 5.32 Å². The van der Waals surface area contributed by atoms with Gasteiger partial charge in [0.05, 0.1) is 21.7 Å². The summed E-state index contributed by atoms with van der Waals surface area (Å²) in [6.45, 7) is 0. The van der Waals surface area contributed by atoms with Crippen molar-refractivity contribution in [1.82, 2.24) is 0 Å². The third kappa shape index (κ3) is 3.99. The van der Waals surface area contributed by atoms with E-state index in [0.717, 1.165) is 30.5 Å². The van der Waals surface area contributed by atoms with Crippen molar-refractivity contribution in [1.29, 1.82) is 0 Å². The number of rotatable bonds is 5. The lowest BCUT2D eigenvalue weighted by atomic mass is 9.80. The normalized spacial score (nSPS) is 18.6. The molecule has 2 atom stereocenters. The molecule has 25 heavy (non-hydrogen) atoms. The zero-order valence-electron chi connectivity index (χ0n) is 13.7. The molecule has 0 spiro atoms. The van der Waals surface area contributed by atoms with E-state index in [-0.39, 0.29) is 23.4 Å². The van der Waals surface area contributed by atoms with Crippen LogP contribution in [0.3, 0.4) is 0 Å². The summed E-state index contributed by atoms with van der Waals surface area (Å²) in [7, 11) is 0. The predicted molar refractivity (Wildman–Crippen MR) is 97.9 cm³/mol. The van der Waals surface area contributed by atoms with Crippen LogP contribution in [0.15, 0.2) is 48.5 Å². The lowest BCUT2D eigenvalue weighted by molar-refractivity contribution is -0.384. The van der Waals surface area contributed by atoms with Gasteiger partial charge in [-0.2, -0.15) is 0 Å². The van der Waals surface area contributed by atoms with Crippen LogP contribution in [0.25, 0.3) is 0 Å². The van der Waals surface area contributed by atoms with Gasteiger partial charge >= 0.3 is 0 Å². The van der Waals surface area contributed by atoms with Gasteiger partial charge in [0.15, 0.2) is 0 Å². The Labute approximate surface area is 151 Å². The monoisotopic (exact) mass is 358 g/mol. The van der Waals surface area contributed by atoms with Crippen molar-refractivity contribution >= 4 is 28.8 Å². The number of benzene rings is 2. The minimum absolute atomic E-state index is 0.0372. The van der Waals surface area contributed by atoms with Crippen LogP contribution in [0.4, 0.5) is 11.4 Å². The van der Waals surface area contributed by atoms with E-state index in [0.29, 0.717) is 11.4 Å². The highest BCUT2D eigenvalue weighted by atomic mass is 35.5. The first-order valence-corrected chi connectivity index (χ1v) is 8.72. The summed E-state index contributed by atoms with van der Waals surface area (Å²) in [6.07, 6.45) is 3.31. The molecule has 0 saturated heterocycles. The summed E-state index contributed by atoms with van der Waals surface area (Å²) in [4.78, 5) is 22.9. The number of ketones is 1. The average molecular weight is 359 g/mol. The smallest absolute Gasteiger partial charge is 0.269 e. The highest BCUT2D eigenvalue weighted by Gasteiger charge is 2.32. The van der Waals surface area contributed by atoms with Gasteiger partial charge < -0.3 is 5.32 Å². The first-order chi connectivity index (χ1) is 12.1. The third-order valence-corrected chi connectivity index (χ3v) is 4.98. The average Bonchev–Trinajstić information content (AvgIpc) is 2.62. The second-order valence-corrected chi connectivity index (χ2v) is 6.68. The standard InChI is InChI=1S/C19H19ClN2O3/c20-16-6-2-3-7-17(16)21-19(15-5-1-4-8-18(15)23)13-9-11-14(12-10-13)22(24)25/h2-3,6-7,9-12,15,19,21H,1,4-5,8H2. The maximum atomic E-state index is 12.5. The largest absolute Gasteiger partial charge is 0.376 e. The van der Waals surface area contributed by atoms with Crippen LogP contribution in [-0.4, -0.2) is 10.7 Å². The molecular formula is C19H19ClN2O3. The molecule has 1 N–H and O–H groups in total. The number of nitro benzene ring substituents is 1. The van der Waals surface area contributed by atoms with Crippen molar-refractivity contribution in [2.24, 2.45) is 5.92 Å². The zero-order chi connectivity index (χ0) is 17.8. The second-order valence-electron chi connectivity index (χ2n) is 6.27. The molecule has 1 aliphatic carbocycles. The molecule has 2 aromatic carbocycles. The van der Waals surface area contributed by atoms with Gasteiger partial charge in [-0.3, -0.25) is 14.9 Å². The molecule has 0 heterocycles. The molecule has 6 heteroatoms. The van der Waals surface area contributed by atoms with Crippen LogP contribution in [0.1, 0.15) is 37.3 Å². The Morgan fingerprint density at radius 2 is 1.84 bits per heavy atom. The molecule has 1 aliphatic rings. The fourth-order valence-corrected chi connectivity index (χ4v) is 3.52. The summed E-state index contributed by atoms with van der Waals surface area (Å²) in [6, 6.07) is 13.5. The number of nitrogens with zero attached hydrogens (tertiary/aromatic N) is 1. The molecule has 130 valence electrons. The second kappa shape index (κ2) is 7.66. The van der Waals surface area contributed by atoms with Gasteiger partial charge in [0, 0.05) is 24.5 Å². The Morgan fingerprint density at radius 3 is 2.48 bits per heavy atom. The molecule has 1 fully saturated rings. The predicted octanol–water partition coefficient (Wildman–Crippen LogP) is 5.16. The number of nitro groups is 1. The maximum Gasteiger partial charge on any atom is 0.269 e. The van der Waals surface area contributed by atoms with Crippen molar-refractivity contribution in [2.45, 2.75) is 31.7 Å². The fraction of sp³-hybridized carbons (Fsp3) is 0.316. The number of halogens is 1. The van der Waals surface area contributed by atoms with Gasteiger partial charge in [-0.15, -0.1) is 0 Å². The van der Waals surface area contributed by atoms with E-state index in [9.17, 15) is 14.9 Å². The number of para-hydroxylation sites is 1. The summed E-state index contributed by atoms with van der Waals surface area (Å²) in [5.41, 5.74) is 1.65. The molecule has 2 unspecified atom stereocenters. The Kier molecular flexibility index (Phi) is 5.34. The van der Waals surface area contributed by atoms with Crippen LogP contribution >= 0.6 is 11.6 Å². The van der Waals surface area contributed by atoms with Crippen LogP contribution < -0.4 is 5.32 Å². The Bertz CT molecular complexity index is 776. The zero-order valence-corrected chi connectivity index (χ0v) is 14.4. The lowest BCUT2D eigenvalue weighted by Gasteiger charge is -2.31. The summed E-state index contributed by atoms with van der Waals surface area (Å²) >= 11 is 6.26. The number of hydrogen-bond donors (Lipinski definition) is 1. The first kappa shape index (κ1) is 17.4. The Balaban J connectivity index is 1.94. The van der Waals surface area contributed by atoms with E-state index in [1.54, 1.807) is 18.2 Å². The summed E-state index contributed by atoms with van der Waals surface area (Å²) < 4.78 is 0. The van der Waals surface area contributed by atoms with E-state index >= 15 is 0 Å². The summed E-state index contributed by atoms with van der Waals surface area (Å²) in [5.74, 6) is 0.0700. The van der Waals surface area contributed by atoms with E-state index in [4.69, 9.17) is 11.6 Å². The first-order valence-electron chi connectivity index (χ1n) is 8.34. The molecule has 0 radical (unpaired) electrons. The van der Waals surface area contributed by atoms with Crippen molar-refractivity contribution in [3.8, 4) is 0 Å². The van der Waals surface area contributed by atoms with Crippen LogP contribution in [0, 0.1) is 16.0 Å². The number of hydrogen-bond acceptors (Lipinski definition) is 4. The molecule has 0 bridgehead atoms. The Hall–Kier alpha value is -2.40. The van der Waals surface area contributed by atoms with E-state index in [1.807, 2.05) is 18.2 Å². The molecule has 1 saturated carbocycles. The highest BCUT2D eigenvalue weighted by Crippen LogP contribution is 2.36. The van der Waals surface area contributed by atoms with Gasteiger partial charge in [-0.05, 0) is 30.5 Å². The van der Waals surface area contributed by atoms with Gasteiger partial charge in [0.25, 0.3) is 5.69 Å².